The molecule has 73 heavy (non-hydrogen) atoms. The monoisotopic (exact) mass is 926 g/mol. The first-order valence-electron chi connectivity index (χ1n) is 25.1. The highest BCUT2D eigenvalue weighted by molar-refractivity contribution is 6.26. The van der Waals surface area contributed by atoms with E-state index in [1.165, 1.54) is 92.1 Å². The molecule has 3 heteroatoms. The van der Waals surface area contributed by atoms with E-state index in [0.29, 0.717) is 0 Å². The van der Waals surface area contributed by atoms with Crippen LogP contribution in [0, 0.1) is 0 Å². The fourth-order valence-electron chi connectivity index (χ4n) is 12.3. The molecule has 1 aliphatic heterocycles. The Labute approximate surface area is 420 Å². The molecule has 15 aromatic rings. The molecule has 14 aromatic carbocycles. The van der Waals surface area contributed by atoms with Gasteiger partial charge in [0.05, 0.1) is 28.1 Å². The van der Waals surface area contributed by atoms with Gasteiger partial charge in [-0.25, -0.2) is 0 Å². The lowest BCUT2D eigenvalue weighted by Crippen LogP contribution is -2.16. The molecule has 1 aliphatic rings. The predicted octanol–water partition coefficient (Wildman–Crippen LogP) is 19.8. The number of benzene rings is 14. The maximum absolute atomic E-state index is 6.94. The molecule has 16 rings (SSSR count). The van der Waals surface area contributed by atoms with Crippen molar-refractivity contribution in [2.75, 3.05) is 4.90 Å². The zero-order valence-corrected chi connectivity index (χ0v) is 39.6. The molecule has 0 atom stereocenters. The van der Waals surface area contributed by atoms with E-state index in [2.05, 4.69) is 264 Å². The van der Waals surface area contributed by atoms with Crippen LogP contribution >= 0.6 is 0 Å². The lowest BCUT2D eigenvalue weighted by molar-refractivity contribution is 0.483. The molecule has 0 amide bonds. The number of hydrogen-bond acceptors (Lipinski definition) is 2. The minimum atomic E-state index is 0.826. The standard InChI is InChI=1S/C70H42N2O/c1-2-17-47-40-67-63(37-46(47)16-1)62-38-48(49-30-36-69-68(41-49)72(64-26-12-19-44-14-4-7-21-54(44)64)66-35-28-45-15-5-8-22-55(45)70(66)73-69)29-34-65(62)71(67)51-31-33-59-58-32-27-50(53-25-11-18-43-13-3-6-20-52(43)53)39-60(58)56-23-9-10-24-57(56)61(59)42-51/h1-42H. The third-order valence-electron chi connectivity index (χ3n) is 15.7. The molecule has 0 saturated carbocycles. The highest BCUT2D eigenvalue weighted by Gasteiger charge is 2.29. The summed E-state index contributed by atoms with van der Waals surface area (Å²) in [6, 6.07) is 93.7. The average molecular weight is 927 g/mol. The maximum atomic E-state index is 6.94. The molecule has 0 unspecified atom stereocenters. The number of rotatable bonds is 4. The van der Waals surface area contributed by atoms with Crippen LogP contribution in [-0.2, 0) is 0 Å². The molecule has 1 aromatic heterocycles. The van der Waals surface area contributed by atoms with Crippen molar-refractivity contribution in [3.63, 3.8) is 0 Å². The van der Waals surface area contributed by atoms with Gasteiger partial charge < -0.3 is 14.2 Å². The van der Waals surface area contributed by atoms with Crippen LogP contribution in [0.4, 0.5) is 17.1 Å². The first-order chi connectivity index (χ1) is 36.2. The van der Waals surface area contributed by atoms with Gasteiger partial charge in [-0.3, -0.25) is 0 Å². The van der Waals surface area contributed by atoms with E-state index in [-0.39, 0.29) is 0 Å². The maximum Gasteiger partial charge on any atom is 0.159 e. The lowest BCUT2D eigenvalue weighted by Gasteiger charge is -2.34. The quantitative estimate of drug-likeness (QED) is 0.164. The summed E-state index contributed by atoms with van der Waals surface area (Å²) in [4.78, 5) is 2.40. The van der Waals surface area contributed by atoms with Crippen LogP contribution in [0.2, 0.25) is 0 Å². The fourth-order valence-corrected chi connectivity index (χ4v) is 12.3. The Morgan fingerprint density at radius 3 is 1.60 bits per heavy atom. The second-order valence-electron chi connectivity index (χ2n) is 19.6. The Hall–Kier alpha value is -9.70. The molecule has 2 heterocycles. The molecule has 0 saturated heterocycles. The minimum absolute atomic E-state index is 0.826. The van der Waals surface area contributed by atoms with Gasteiger partial charge >= 0.3 is 0 Å². The number of nitrogens with zero attached hydrogens (tertiary/aromatic N) is 2. The van der Waals surface area contributed by atoms with E-state index in [1.54, 1.807) is 0 Å². The third kappa shape index (κ3) is 6.00. The van der Waals surface area contributed by atoms with E-state index in [1.807, 2.05) is 0 Å². The zero-order chi connectivity index (χ0) is 47.7. The van der Waals surface area contributed by atoms with E-state index in [9.17, 15) is 0 Å². The Bertz CT molecular complexity index is 4820. The van der Waals surface area contributed by atoms with E-state index in [4.69, 9.17) is 4.74 Å². The van der Waals surface area contributed by atoms with Crippen LogP contribution in [0.5, 0.6) is 11.5 Å². The smallest absolute Gasteiger partial charge is 0.159 e. The Kier molecular flexibility index (Phi) is 8.45. The van der Waals surface area contributed by atoms with E-state index >= 15 is 0 Å². The summed E-state index contributed by atoms with van der Waals surface area (Å²) in [6.45, 7) is 0. The van der Waals surface area contributed by atoms with E-state index < -0.39 is 0 Å². The van der Waals surface area contributed by atoms with Crippen molar-refractivity contribution in [3.05, 3.63) is 255 Å². The summed E-state index contributed by atoms with van der Waals surface area (Å²) in [7, 11) is 0. The first-order valence-corrected chi connectivity index (χ1v) is 25.1. The number of aromatic nitrogens is 1. The van der Waals surface area contributed by atoms with Crippen molar-refractivity contribution < 1.29 is 4.74 Å². The van der Waals surface area contributed by atoms with Gasteiger partial charge in [-0.2, -0.15) is 0 Å². The molecule has 0 aliphatic carbocycles. The molecular weight excluding hydrogens is 885 g/mol. The first kappa shape index (κ1) is 40.1. The molecule has 338 valence electrons. The Balaban J connectivity index is 0.880. The highest BCUT2D eigenvalue weighted by Crippen LogP contribution is 2.55. The van der Waals surface area contributed by atoms with Gasteiger partial charge in [-0.15, -0.1) is 0 Å². The predicted molar refractivity (Wildman–Crippen MR) is 309 cm³/mol. The summed E-state index contributed by atoms with van der Waals surface area (Å²) in [6.07, 6.45) is 0. The van der Waals surface area contributed by atoms with Crippen molar-refractivity contribution in [1.29, 1.82) is 0 Å². The van der Waals surface area contributed by atoms with Crippen LogP contribution in [0.25, 0.3) is 125 Å². The minimum Gasteiger partial charge on any atom is -0.452 e. The van der Waals surface area contributed by atoms with Crippen molar-refractivity contribution >= 4 is 114 Å². The number of anilines is 3. The van der Waals surface area contributed by atoms with Crippen molar-refractivity contribution in [1.82, 2.24) is 4.57 Å². The van der Waals surface area contributed by atoms with Gasteiger partial charge in [0.15, 0.2) is 11.5 Å². The fraction of sp³-hybridized carbons (Fsp3) is 0. The topological polar surface area (TPSA) is 17.4 Å². The molecule has 0 bridgehead atoms. The third-order valence-corrected chi connectivity index (χ3v) is 15.7. The van der Waals surface area contributed by atoms with Crippen molar-refractivity contribution in [2.45, 2.75) is 0 Å². The van der Waals surface area contributed by atoms with Gasteiger partial charge in [0, 0.05) is 27.2 Å². The largest absolute Gasteiger partial charge is 0.452 e. The normalized spacial score (nSPS) is 12.5. The molecule has 0 spiro atoms. The molecule has 3 nitrogen and oxygen atoms in total. The summed E-state index contributed by atoms with van der Waals surface area (Å²) >= 11 is 0. The second-order valence-corrected chi connectivity index (χ2v) is 19.6. The van der Waals surface area contributed by atoms with Gasteiger partial charge in [0.25, 0.3) is 0 Å². The van der Waals surface area contributed by atoms with Gasteiger partial charge in [0.2, 0.25) is 0 Å². The van der Waals surface area contributed by atoms with Gasteiger partial charge in [0.1, 0.15) is 0 Å². The van der Waals surface area contributed by atoms with Crippen LogP contribution in [-0.4, -0.2) is 4.57 Å². The summed E-state index contributed by atoms with van der Waals surface area (Å²) in [5.74, 6) is 1.69. The second kappa shape index (κ2) is 15.4. The summed E-state index contributed by atoms with van der Waals surface area (Å²) < 4.78 is 9.42. The Morgan fingerprint density at radius 1 is 0.260 bits per heavy atom. The van der Waals surface area contributed by atoms with Crippen LogP contribution in [0.3, 0.4) is 0 Å². The average Bonchev–Trinajstić information content (AvgIpc) is 3.78. The highest BCUT2D eigenvalue weighted by atomic mass is 16.5. The summed E-state index contributed by atoms with van der Waals surface area (Å²) in [5, 5.41) is 19.5. The zero-order valence-electron chi connectivity index (χ0n) is 39.6. The number of ether oxygens (including phenoxy) is 1. The van der Waals surface area contributed by atoms with E-state index in [0.717, 1.165) is 61.7 Å². The molecule has 0 radical (unpaired) electrons. The van der Waals surface area contributed by atoms with Crippen LogP contribution < -0.4 is 9.64 Å². The lowest BCUT2D eigenvalue weighted by atomic mass is 9.90. The van der Waals surface area contributed by atoms with Gasteiger partial charge in [-0.05, 0) is 154 Å². The van der Waals surface area contributed by atoms with Crippen LogP contribution in [0.15, 0.2) is 255 Å². The summed E-state index contributed by atoms with van der Waals surface area (Å²) in [5.41, 5.74) is 11.4. The molecule has 0 N–H and O–H groups in total. The SMILES string of the molecule is c1ccc2cc3c(cc2c1)c1cc(-c2ccc4c(c2)N(c2cccc5ccccc25)c2ccc5ccccc5c2O4)ccc1n3-c1ccc2c3ccc(-c4cccc5ccccc45)cc3c3ccccc3c2c1. The number of fused-ring (bicyclic) bond motifs is 16. The van der Waals surface area contributed by atoms with Gasteiger partial charge in [-0.1, -0.05) is 188 Å². The van der Waals surface area contributed by atoms with Crippen molar-refractivity contribution in [3.8, 4) is 39.4 Å². The Morgan fingerprint density at radius 2 is 0.808 bits per heavy atom. The van der Waals surface area contributed by atoms with Crippen molar-refractivity contribution in [2.24, 2.45) is 0 Å². The number of hydrogen-bond donors (Lipinski definition) is 0. The molecular formula is C70H42N2O. The molecule has 0 fully saturated rings. The van der Waals surface area contributed by atoms with Crippen LogP contribution in [0.1, 0.15) is 0 Å².